The summed E-state index contributed by atoms with van der Waals surface area (Å²) in [5, 5.41) is 12.6. The average Bonchev–Trinajstić information content (AvgIpc) is 2.47. The van der Waals surface area contributed by atoms with E-state index in [4.69, 9.17) is 21.4 Å². The molecular weight excluding hydrogens is 309 g/mol. The van der Waals surface area contributed by atoms with Gasteiger partial charge in [0, 0.05) is 23.7 Å². The maximum Gasteiger partial charge on any atom is 0.120 e. The Hall–Kier alpha value is -1.26. The molecule has 0 aliphatic rings. The summed E-state index contributed by atoms with van der Waals surface area (Å²) in [6.45, 7) is 1.89. The molecule has 0 heterocycles. The van der Waals surface area contributed by atoms with Crippen molar-refractivity contribution in [2.75, 3.05) is 13.2 Å². The van der Waals surface area contributed by atoms with Gasteiger partial charge in [-0.1, -0.05) is 41.9 Å². The Bertz CT molecular complexity index is 549. The normalized spacial score (nSPS) is 10.0. The Balaban J connectivity index is 0.00000220. The van der Waals surface area contributed by atoms with E-state index < -0.39 is 0 Å². The van der Waals surface area contributed by atoms with Gasteiger partial charge in [0.25, 0.3) is 0 Å². The number of nitrogens with one attached hydrogen (secondary N) is 1. The summed E-state index contributed by atoms with van der Waals surface area (Å²) in [5.74, 6) is 0.813. The summed E-state index contributed by atoms with van der Waals surface area (Å²) >= 11 is 6.09. The fourth-order valence-electron chi connectivity index (χ4n) is 1.83. The lowest BCUT2D eigenvalue weighted by atomic mass is 10.2. The summed E-state index contributed by atoms with van der Waals surface area (Å²) in [4.78, 5) is 0. The number of aliphatic hydroxyl groups excluding tert-OH is 1. The van der Waals surface area contributed by atoms with Gasteiger partial charge < -0.3 is 15.2 Å². The van der Waals surface area contributed by atoms with Crippen LogP contribution in [0.15, 0.2) is 48.5 Å². The van der Waals surface area contributed by atoms with Crippen LogP contribution in [-0.4, -0.2) is 18.3 Å². The molecule has 0 saturated carbocycles. The lowest BCUT2D eigenvalue weighted by Gasteiger charge is -2.09. The second kappa shape index (κ2) is 9.64. The summed E-state index contributed by atoms with van der Waals surface area (Å²) in [5.41, 5.74) is 2.09. The van der Waals surface area contributed by atoms with Gasteiger partial charge in [-0.15, -0.1) is 12.4 Å². The third-order valence-electron chi connectivity index (χ3n) is 2.87. The molecule has 0 unspecified atom stereocenters. The van der Waals surface area contributed by atoms with Crippen molar-refractivity contribution in [3.63, 3.8) is 0 Å². The van der Waals surface area contributed by atoms with Crippen LogP contribution >= 0.6 is 24.0 Å². The minimum Gasteiger partial charge on any atom is -0.489 e. The molecule has 0 atom stereocenters. The maximum absolute atomic E-state index is 8.74. The number of aliphatic hydroxyl groups is 1. The van der Waals surface area contributed by atoms with Gasteiger partial charge in [0.2, 0.25) is 0 Å². The first kappa shape index (κ1) is 17.8. The molecule has 5 heteroatoms. The number of benzene rings is 2. The smallest absolute Gasteiger partial charge is 0.120 e. The van der Waals surface area contributed by atoms with E-state index in [2.05, 4.69) is 5.32 Å². The highest BCUT2D eigenvalue weighted by molar-refractivity contribution is 6.31. The van der Waals surface area contributed by atoms with Gasteiger partial charge in [-0.25, -0.2) is 0 Å². The fourth-order valence-corrected chi connectivity index (χ4v) is 2.02. The quantitative estimate of drug-likeness (QED) is 0.765. The van der Waals surface area contributed by atoms with E-state index in [1.165, 1.54) is 0 Å². The molecule has 114 valence electrons. The Kier molecular flexibility index (Phi) is 8.16. The lowest BCUT2D eigenvalue weighted by molar-refractivity contribution is 0.291. The number of hydrogen-bond acceptors (Lipinski definition) is 3. The number of hydrogen-bond donors (Lipinski definition) is 2. The molecule has 0 radical (unpaired) electrons. The third kappa shape index (κ3) is 5.94. The van der Waals surface area contributed by atoms with Crippen LogP contribution in [0.5, 0.6) is 5.75 Å². The molecule has 0 spiro atoms. The molecule has 0 aliphatic heterocycles. The molecule has 0 saturated heterocycles. The Labute approximate surface area is 136 Å². The fraction of sp³-hybridized carbons (Fsp3) is 0.250. The summed E-state index contributed by atoms with van der Waals surface area (Å²) in [7, 11) is 0. The SMILES string of the molecule is Cl.OCCNCc1cccc(OCc2ccccc2Cl)c1. The zero-order valence-corrected chi connectivity index (χ0v) is 13.2. The molecule has 2 rings (SSSR count). The first-order chi connectivity index (χ1) is 9.79. The molecular formula is C16H19Cl2NO2. The second-order valence-electron chi connectivity index (χ2n) is 4.43. The van der Waals surface area contributed by atoms with Gasteiger partial charge in [-0.2, -0.15) is 0 Å². The van der Waals surface area contributed by atoms with Gasteiger partial charge >= 0.3 is 0 Å². The summed E-state index contributed by atoms with van der Waals surface area (Å²) < 4.78 is 5.76. The highest BCUT2D eigenvalue weighted by Gasteiger charge is 2.01. The molecule has 0 aliphatic carbocycles. The highest BCUT2D eigenvalue weighted by atomic mass is 35.5. The second-order valence-corrected chi connectivity index (χ2v) is 4.84. The van der Waals surface area contributed by atoms with Gasteiger partial charge in [0.05, 0.1) is 6.61 Å². The number of rotatable bonds is 7. The van der Waals surface area contributed by atoms with E-state index in [9.17, 15) is 0 Å². The van der Waals surface area contributed by atoms with Crippen molar-refractivity contribution >= 4 is 24.0 Å². The van der Waals surface area contributed by atoms with Crippen LogP contribution in [0.1, 0.15) is 11.1 Å². The largest absolute Gasteiger partial charge is 0.489 e. The zero-order valence-electron chi connectivity index (χ0n) is 11.6. The van der Waals surface area contributed by atoms with Crippen molar-refractivity contribution in [1.82, 2.24) is 5.32 Å². The molecule has 0 amide bonds. The van der Waals surface area contributed by atoms with Crippen LogP contribution in [0.4, 0.5) is 0 Å². The monoisotopic (exact) mass is 327 g/mol. The van der Waals surface area contributed by atoms with Gasteiger partial charge in [0.15, 0.2) is 0 Å². The summed E-state index contributed by atoms with van der Waals surface area (Å²) in [6.07, 6.45) is 0. The van der Waals surface area contributed by atoms with E-state index in [1.54, 1.807) is 0 Å². The van der Waals surface area contributed by atoms with Crippen LogP contribution in [0.25, 0.3) is 0 Å². The Morgan fingerprint density at radius 1 is 1.10 bits per heavy atom. The molecule has 21 heavy (non-hydrogen) atoms. The van der Waals surface area contributed by atoms with E-state index in [-0.39, 0.29) is 19.0 Å². The molecule has 2 aromatic rings. The van der Waals surface area contributed by atoms with Crippen molar-refractivity contribution in [2.45, 2.75) is 13.2 Å². The van der Waals surface area contributed by atoms with Crippen molar-refractivity contribution in [3.8, 4) is 5.75 Å². The van der Waals surface area contributed by atoms with E-state index in [1.807, 2.05) is 48.5 Å². The minimum atomic E-state index is 0. The van der Waals surface area contributed by atoms with E-state index in [0.29, 0.717) is 24.7 Å². The molecule has 0 aromatic heterocycles. The van der Waals surface area contributed by atoms with Crippen LogP contribution in [0.2, 0.25) is 5.02 Å². The van der Waals surface area contributed by atoms with Gasteiger partial charge in [-0.3, -0.25) is 0 Å². The van der Waals surface area contributed by atoms with Crippen molar-refractivity contribution in [3.05, 3.63) is 64.7 Å². The van der Waals surface area contributed by atoms with E-state index in [0.717, 1.165) is 16.9 Å². The summed E-state index contributed by atoms with van der Waals surface area (Å²) in [6, 6.07) is 15.5. The van der Waals surface area contributed by atoms with Crippen molar-refractivity contribution < 1.29 is 9.84 Å². The minimum absolute atomic E-state index is 0. The highest BCUT2D eigenvalue weighted by Crippen LogP contribution is 2.19. The van der Waals surface area contributed by atoms with Crippen LogP contribution in [0, 0.1) is 0 Å². The lowest BCUT2D eigenvalue weighted by Crippen LogP contribution is -2.17. The Morgan fingerprint density at radius 3 is 2.67 bits per heavy atom. The number of ether oxygens (including phenoxy) is 1. The average molecular weight is 328 g/mol. The first-order valence-electron chi connectivity index (χ1n) is 6.56. The van der Waals surface area contributed by atoms with Crippen LogP contribution < -0.4 is 10.1 Å². The van der Waals surface area contributed by atoms with Crippen molar-refractivity contribution in [1.29, 1.82) is 0 Å². The molecule has 2 aromatic carbocycles. The van der Waals surface area contributed by atoms with Gasteiger partial charge in [0.1, 0.15) is 12.4 Å². The number of halogens is 2. The molecule has 0 fully saturated rings. The Morgan fingerprint density at radius 2 is 1.90 bits per heavy atom. The standard InChI is InChI=1S/C16H18ClNO2.ClH/c17-16-7-2-1-5-14(16)12-20-15-6-3-4-13(10-15)11-18-8-9-19;/h1-7,10,18-19H,8-9,11-12H2;1H. The van der Waals surface area contributed by atoms with E-state index >= 15 is 0 Å². The third-order valence-corrected chi connectivity index (χ3v) is 3.24. The first-order valence-corrected chi connectivity index (χ1v) is 6.94. The van der Waals surface area contributed by atoms with Crippen LogP contribution in [-0.2, 0) is 13.2 Å². The zero-order chi connectivity index (χ0) is 14.2. The van der Waals surface area contributed by atoms with Gasteiger partial charge in [-0.05, 0) is 23.8 Å². The predicted octanol–water partition coefficient (Wildman–Crippen LogP) is 3.42. The van der Waals surface area contributed by atoms with Crippen LogP contribution in [0.3, 0.4) is 0 Å². The molecule has 2 N–H and O–H groups in total. The predicted molar refractivity (Wildman–Crippen MR) is 88.3 cm³/mol. The van der Waals surface area contributed by atoms with Crippen molar-refractivity contribution in [2.24, 2.45) is 0 Å². The molecule has 0 bridgehead atoms. The topological polar surface area (TPSA) is 41.5 Å². The maximum atomic E-state index is 8.74. The molecule has 3 nitrogen and oxygen atoms in total.